The molecule has 0 aromatic carbocycles. The van der Waals surface area contributed by atoms with Gasteiger partial charge in [-0.05, 0) is 28.8 Å². The van der Waals surface area contributed by atoms with E-state index in [0.29, 0.717) is 5.92 Å². The topological polar surface area (TPSA) is 70.6 Å². The van der Waals surface area contributed by atoms with Crippen LogP contribution in [0.5, 0.6) is 0 Å². The van der Waals surface area contributed by atoms with E-state index >= 15 is 0 Å². The minimum Gasteiger partial charge on any atom is -0.340 e. The van der Waals surface area contributed by atoms with Crippen LogP contribution in [-0.4, -0.2) is 38.2 Å². The molecule has 3 rings (SSSR count). The Morgan fingerprint density at radius 1 is 1.28 bits per heavy atom. The van der Waals surface area contributed by atoms with Gasteiger partial charge in [-0.15, -0.1) is 0 Å². The molecule has 1 aliphatic heterocycles. The van der Waals surface area contributed by atoms with E-state index in [0.717, 1.165) is 42.2 Å². The van der Waals surface area contributed by atoms with Gasteiger partial charge in [0.15, 0.2) is 0 Å². The van der Waals surface area contributed by atoms with Crippen LogP contribution in [0.15, 0.2) is 23.2 Å². The lowest BCUT2D eigenvalue weighted by Gasteiger charge is -2.31. The van der Waals surface area contributed by atoms with Gasteiger partial charge >= 0.3 is 0 Å². The molecule has 0 bridgehead atoms. The second-order valence-electron chi connectivity index (χ2n) is 4.36. The van der Waals surface area contributed by atoms with Crippen LogP contribution in [0.2, 0.25) is 0 Å². The van der Waals surface area contributed by atoms with Crippen molar-refractivity contribution in [2.24, 2.45) is 0 Å². The van der Waals surface area contributed by atoms with Crippen LogP contribution in [0.1, 0.15) is 24.6 Å². The molecule has 3 heterocycles. The lowest BCUT2D eigenvalue weighted by atomic mass is 9.98. The van der Waals surface area contributed by atoms with E-state index in [9.17, 15) is 0 Å². The summed E-state index contributed by atoms with van der Waals surface area (Å²) in [6.45, 7) is 1.88. The summed E-state index contributed by atoms with van der Waals surface area (Å²) in [5.74, 6) is 2.12. The van der Waals surface area contributed by atoms with Crippen LogP contribution in [0.4, 0.5) is 5.95 Å². The lowest BCUT2D eigenvalue weighted by molar-refractivity contribution is 0.486. The van der Waals surface area contributed by atoms with Gasteiger partial charge in [-0.25, -0.2) is 15.0 Å². The van der Waals surface area contributed by atoms with Crippen molar-refractivity contribution in [3.63, 3.8) is 0 Å². The second kappa shape index (κ2) is 5.01. The summed E-state index contributed by atoms with van der Waals surface area (Å²) < 4.78 is 0.898. The quantitative estimate of drug-likeness (QED) is 0.915. The van der Waals surface area contributed by atoms with E-state index in [1.165, 1.54) is 0 Å². The number of H-pyrrole nitrogens is 1. The highest BCUT2D eigenvalue weighted by atomic mass is 79.9. The summed E-state index contributed by atoms with van der Waals surface area (Å²) in [7, 11) is 0. The largest absolute Gasteiger partial charge is 0.340 e. The number of rotatable bonds is 2. The van der Waals surface area contributed by atoms with E-state index in [1.54, 1.807) is 18.7 Å². The summed E-state index contributed by atoms with van der Waals surface area (Å²) in [6.07, 6.45) is 7.36. The molecular weight excluding hydrogens is 296 g/mol. The van der Waals surface area contributed by atoms with Gasteiger partial charge in [0.25, 0.3) is 0 Å². The van der Waals surface area contributed by atoms with Crippen LogP contribution < -0.4 is 4.90 Å². The number of nitrogens with one attached hydrogen (secondary N) is 1. The highest BCUT2D eigenvalue weighted by Gasteiger charge is 2.24. The minimum absolute atomic E-state index is 0.383. The zero-order valence-corrected chi connectivity index (χ0v) is 11.3. The van der Waals surface area contributed by atoms with Gasteiger partial charge in [0.1, 0.15) is 12.2 Å². The Labute approximate surface area is 113 Å². The second-order valence-corrected chi connectivity index (χ2v) is 5.27. The molecule has 94 valence electrons. The average Bonchev–Trinajstić information content (AvgIpc) is 2.94. The van der Waals surface area contributed by atoms with Gasteiger partial charge in [-0.3, -0.25) is 5.10 Å². The Bertz CT molecular complexity index is 497. The molecule has 6 nitrogen and oxygen atoms in total. The van der Waals surface area contributed by atoms with Gasteiger partial charge in [0.2, 0.25) is 5.95 Å². The molecule has 7 heteroatoms. The van der Waals surface area contributed by atoms with Crippen molar-refractivity contribution in [3.05, 3.63) is 29.0 Å². The molecule has 2 aromatic rings. The zero-order valence-electron chi connectivity index (χ0n) is 9.75. The molecule has 1 unspecified atom stereocenters. The Hall–Kier alpha value is -1.50. The van der Waals surface area contributed by atoms with Crippen molar-refractivity contribution in [1.29, 1.82) is 0 Å². The van der Waals surface area contributed by atoms with Crippen molar-refractivity contribution in [2.45, 2.75) is 18.8 Å². The van der Waals surface area contributed by atoms with E-state index in [4.69, 9.17) is 0 Å². The molecule has 1 fully saturated rings. The summed E-state index contributed by atoms with van der Waals surface area (Å²) in [5.41, 5.74) is 0. The van der Waals surface area contributed by atoms with Crippen LogP contribution in [0.3, 0.4) is 0 Å². The number of hydrogen-bond donors (Lipinski definition) is 1. The van der Waals surface area contributed by atoms with E-state index in [-0.39, 0.29) is 0 Å². The van der Waals surface area contributed by atoms with Gasteiger partial charge in [0, 0.05) is 31.4 Å². The number of piperidine rings is 1. The third kappa shape index (κ3) is 2.35. The number of nitrogens with zero attached hydrogens (tertiary/aromatic N) is 5. The fraction of sp³-hybridized carbons (Fsp3) is 0.455. The maximum atomic E-state index is 4.34. The van der Waals surface area contributed by atoms with Crippen molar-refractivity contribution in [3.8, 4) is 0 Å². The SMILES string of the molecule is Brc1cnc(N2CCCC(c3ncn[nH]3)C2)nc1. The maximum Gasteiger partial charge on any atom is 0.225 e. The summed E-state index contributed by atoms with van der Waals surface area (Å²) in [6, 6.07) is 0. The zero-order chi connectivity index (χ0) is 12.4. The molecule has 1 saturated heterocycles. The molecule has 0 radical (unpaired) electrons. The molecule has 1 N–H and O–H groups in total. The normalized spacial score (nSPS) is 20.1. The number of halogens is 1. The van der Waals surface area contributed by atoms with Crippen molar-refractivity contribution < 1.29 is 0 Å². The van der Waals surface area contributed by atoms with E-state index in [1.807, 2.05) is 0 Å². The van der Waals surface area contributed by atoms with Gasteiger partial charge in [-0.1, -0.05) is 0 Å². The van der Waals surface area contributed by atoms with Crippen molar-refractivity contribution in [1.82, 2.24) is 25.1 Å². The predicted octanol–water partition coefficient (Wildman–Crippen LogP) is 1.74. The molecule has 2 aromatic heterocycles. The van der Waals surface area contributed by atoms with Crippen LogP contribution in [0.25, 0.3) is 0 Å². The minimum atomic E-state index is 0.383. The first-order valence-electron chi connectivity index (χ1n) is 5.90. The van der Waals surface area contributed by atoms with Crippen LogP contribution in [-0.2, 0) is 0 Å². The summed E-state index contributed by atoms with van der Waals surface area (Å²) in [5, 5.41) is 6.87. The maximum absolute atomic E-state index is 4.34. The van der Waals surface area contributed by atoms with Gasteiger partial charge in [-0.2, -0.15) is 5.10 Å². The summed E-state index contributed by atoms with van der Waals surface area (Å²) >= 11 is 3.35. The molecule has 1 aliphatic rings. The highest BCUT2D eigenvalue weighted by molar-refractivity contribution is 9.10. The first-order chi connectivity index (χ1) is 8.83. The fourth-order valence-corrected chi connectivity index (χ4v) is 2.47. The Kier molecular flexibility index (Phi) is 3.22. The Morgan fingerprint density at radius 3 is 2.83 bits per heavy atom. The van der Waals surface area contributed by atoms with E-state index in [2.05, 4.69) is 46.0 Å². The molecule has 0 spiro atoms. The summed E-state index contributed by atoms with van der Waals surface area (Å²) in [4.78, 5) is 15.1. The first-order valence-corrected chi connectivity index (χ1v) is 6.70. The van der Waals surface area contributed by atoms with E-state index < -0.39 is 0 Å². The molecule has 0 amide bonds. The third-order valence-electron chi connectivity index (χ3n) is 3.13. The Balaban J connectivity index is 1.76. The molecule has 18 heavy (non-hydrogen) atoms. The highest BCUT2D eigenvalue weighted by Crippen LogP contribution is 2.26. The fourth-order valence-electron chi connectivity index (χ4n) is 2.26. The van der Waals surface area contributed by atoms with Gasteiger partial charge in [0.05, 0.1) is 4.47 Å². The lowest BCUT2D eigenvalue weighted by Crippen LogP contribution is -2.35. The monoisotopic (exact) mass is 308 g/mol. The number of anilines is 1. The molecule has 1 atom stereocenters. The number of aromatic nitrogens is 5. The van der Waals surface area contributed by atoms with Crippen LogP contribution in [0, 0.1) is 0 Å². The Morgan fingerprint density at radius 2 is 2.11 bits per heavy atom. The standard InChI is InChI=1S/C11H13BrN6/c12-9-4-13-11(14-5-9)18-3-1-2-8(6-18)10-15-7-16-17-10/h4-5,7-8H,1-3,6H2,(H,15,16,17). The van der Waals surface area contributed by atoms with Crippen molar-refractivity contribution >= 4 is 21.9 Å². The molecule has 0 aliphatic carbocycles. The van der Waals surface area contributed by atoms with Crippen LogP contribution >= 0.6 is 15.9 Å². The number of aromatic amines is 1. The third-order valence-corrected chi connectivity index (χ3v) is 3.54. The van der Waals surface area contributed by atoms with Crippen molar-refractivity contribution in [2.75, 3.05) is 18.0 Å². The first kappa shape index (κ1) is 11.6. The average molecular weight is 309 g/mol. The predicted molar refractivity (Wildman–Crippen MR) is 70.3 cm³/mol. The number of hydrogen-bond acceptors (Lipinski definition) is 5. The smallest absolute Gasteiger partial charge is 0.225 e. The molecule has 0 saturated carbocycles. The van der Waals surface area contributed by atoms with Gasteiger partial charge < -0.3 is 4.90 Å². The molecular formula is C11H13BrN6.